The lowest BCUT2D eigenvalue weighted by Gasteiger charge is -2.38. The van der Waals surface area contributed by atoms with Crippen molar-refractivity contribution in [3.8, 4) is 0 Å². The van der Waals surface area contributed by atoms with Crippen LogP contribution in [0.4, 0.5) is 10.5 Å². The molecule has 152 valence electrons. The Morgan fingerprint density at radius 1 is 1.07 bits per heavy atom. The predicted molar refractivity (Wildman–Crippen MR) is 107 cm³/mol. The quantitative estimate of drug-likeness (QED) is 0.783. The highest BCUT2D eigenvalue weighted by Gasteiger charge is 2.32. The fourth-order valence-electron chi connectivity index (χ4n) is 3.72. The number of piperidine rings is 1. The molecule has 0 unspecified atom stereocenters. The van der Waals surface area contributed by atoms with E-state index in [1.54, 1.807) is 17.0 Å². The van der Waals surface area contributed by atoms with Crippen LogP contribution in [0.15, 0.2) is 24.3 Å². The van der Waals surface area contributed by atoms with Crippen molar-refractivity contribution < 1.29 is 14.4 Å². The van der Waals surface area contributed by atoms with Crippen LogP contribution in [0.25, 0.3) is 0 Å². The van der Waals surface area contributed by atoms with E-state index in [0.717, 1.165) is 12.8 Å². The zero-order valence-corrected chi connectivity index (χ0v) is 16.5. The molecule has 0 aromatic heterocycles. The number of anilines is 1. The summed E-state index contributed by atoms with van der Waals surface area (Å²) in [6.07, 6.45) is 1.57. The van der Waals surface area contributed by atoms with Crippen molar-refractivity contribution in [2.24, 2.45) is 11.7 Å². The number of nitrogens with zero attached hydrogens (tertiary/aromatic N) is 3. The Morgan fingerprint density at radius 3 is 2.46 bits per heavy atom. The Morgan fingerprint density at radius 2 is 1.79 bits per heavy atom. The molecule has 2 aliphatic rings. The summed E-state index contributed by atoms with van der Waals surface area (Å²) >= 11 is 6.06. The Hall–Kier alpha value is -2.32. The highest BCUT2D eigenvalue weighted by atomic mass is 35.5. The third kappa shape index (κ3) is 5.14. The smallest absolute Gasteiger partial charge is 0.314 e. The summed E-state index contributed by atoms with van der Waals surface area (Å²) in [5.41, 5.74) is 5.94. The van der Waals surface area contributed by atoms with Gasteiger partial charge < -0.3 is 20.9 Å². The molecule has 0 radical (unpaired) electrons. The largest absolute Gasteiger partial charge is 0.351 e. The predicted octanol–water partition coefficient (Wildman–Crippen LogP) is 1.21. The van der Waals surface area contributed by atoms with Crippen molar-refractivity contribution in [3.63, 3.8) is 0 Å². The van der Waals surface area contributed by atoms with Crippen molar-refractivity contribution in [1.29, 1.82) is 0 Å². The maximum absolute atomic E-state index is 12.8. The van der Waals surface area contributed by atoms with E-state index < -0.39 is 6.03 Å². The second-order valence-electron chi connectivity index (χ2n) is 7.25. The highest BCUT2D eigenvalue weighted by Crippen LogP contribution is 2.21. The van der Waals surface area contributed by atoms with E-state index in [4.69, 9.17) is 17.3 Å². The minimum atomic E-state index is -0.466. The number of halogens is 1. The van der Waals surface area contributed by atoms with Gasteiger partial charge in [0.2, 0.25) is 11.8 Å². The molecule has 9 heteroatoms. The molecule has 0 aliphatic carbocycles. The lowest BCUT2D eigenvalue weighted by molar-refractivity contribution is -0.138. The number of carbonyl (C=O) groups excluding carboxylic acids is 3. The summed E-state index contributed by atoms with van der Waals surface area (Å²) in [4.78, 5) is 41.8. The molecular formula is C19H26ClN5O3. The Bertz CT molecular complexity index is 736. The van der Waals surface area contributed by atoms with E-state index in [1.807, 2.05) is 21.9 Å². The van der Waals surface area contributed by atoms with Gasteiger partial charge in [0.15, 0.2) is 0 Å². The number of primary amides is 1. The number of nitrogens with two attached hydrogens (primary N) is 1. The number of nitrogens with one attached hydrogen (secondary N) is 1. The normalized spacial score (nSPS) is 20.7. The van der Waals surface area contributed by atoms with Crippen LogP contribution in [-0.4, -0.2) is 78.4 Å². The lowest BCUT2D eigenvalue weighted by atomic mass is 9.96. The molecular weight excluding hydrogens is 382 g/mol. The van der Waals surface area contributed by atoms with E-state index in [2.05, 4.69) is 5.32 Å². The summed E-state index contributed by atoms with van der Waals surface area (Å²) in [5.74, 6) is -0.236. The third-order valence-electron chi connectivity index (χ3n) is 5.28. The average molecular weight is 408 g/mol. The molecule has 2 fully saturated rings. The van der Waals surface area contributed by atoms with Crippen molar-refractivity contribution in [2.45, 2.75) is 12.8 Å². The number of hydrogen-bond acceptors (Lipinski definition) is 4. The molecule has 0 saturated carbocycles. The number of piperazine rings is 1. The molecule has 3 rings (SSSR count). The average Bonchev–Trinajstić information content (AvgIpc) is 2.70. The van der Waals surface area contributed by atoms with Gasteiger partial charge in [-0.3, -0.25) is 14.5 Å². The van der Waals surface area contributed by atoms with Crippen molar-refractivity contribution in [2.75, 3.05) is 51.1 Å². The summed E-state index contributed by atoms with van der Waals surface area (Å²) in [6.45, 7) is 3.69. The van der Waals surface area contributed by atoms with E-state index >= 15 is 0 Å². The highest BCUT2D eigenvalue weighted by molar-refractivity contribution is 6.33. The van der Waals surface area contributed by atoms with Gasteiger partial charge in [-0.2, -0.15) is 0 Å². The fraction of sp³-hybridized carbons (Fsp3) is 0.526. The molecule has 2 saturated heterocycles. The number of rotatable bonds is 4. The number of amides is 4. The molecule has 1 atom stereocenters. The second-order valence-corrected chi connectivity index (χ2v) is 7.66. The molecule has 0 spiro atoms. The number of para-hydroxylation sites is 1. The molecule has 8 nitrogen and oxygen atoms in total. The summed E-state index contributed by atoms with van der Waals surface area (Å²) < 4.78 is 0. The zero-order chi connectivity index (χ0) is 20.1. The van der Waals surface area contributed by atoms with Gasteiger partial charge in [0, 0.05) is 39.3 Å². The maximum Gasteiger partial charge on any atom is 0.314 e. The van der Waals surface area contributed by atoms with E-state index in [-0.39, 0.29) is 24.3 Å². The summed E-state index contributed by atoms with van der Waals surface area (Å²) in [6, 6.07) is 6.65. The van der Waals surface area contributed by atoms with Crippen LogP contribution in [0.1, 0.15) is 12.8 Å². The number of carbonyl (C=O) groups is 3. The monoisotopic (exact) mass is 407 g/mol. The van der Waals surface area contributed by atoms with Crippen molar-refractivity contribution in [3.05, 3.63) is 29.3 Å². The minimum Gasteiger partial charge on any atom is -0.351 e. The maximum atomic E-state index is 12.8. The first-order valence-corrected chi connectivity index (χ1v) is 9.91. The number of likely N-dealkylation sites (tertiary alicyclic amines) is 1. The van der Waals surface area contributed by atoms with Gasteiger partial charge in [0.1, 0.15) is 0 Å². The summed E-state index contributed by atoms with van der Waals surface area (Å²) in [7, 11) is 0. The first-order valence-electron chi connectivity index (χ1n) is 9.54. The Balaban J connectivity index is 1.45. The van der Waals surface area contributed by atoms with Gasteiger partial charge in [-0.15, -0.1) is 0 Å². The van der Waals surface area contributed by atoms with Crippen LogP contribution in [0.2, 0.25) is 5.02 Å². The molecule has 0 bridgehead atoms. The van der Waals surface area contributed by atoms with Crippen molar-refractivity contribution >= 4 is 35.1 Å². The molecule has 1 aromatic carbocycles. The van der Waals surface area contributed by atoms with Crippen LogP contribution in [-0.2, 0) is 9.59 Å². The Kier molecular flexibility index (Phi) is 6.74. The topological polar surface area (TPSA) is 99.0 Å². The summed E-state index contributed by atoms with van der Waals surface area (Å²) in [5, 5.41) is 3.32. The first-order chi connectivity index (χ1) is 13.4. The standard InChI is InChI=1S/C19H26ClN5O3/c20-15-5-1-2-6-16(15)22-17(26)13-23-8-10-24(11-9-23)18(27)14-4-3-7-25(12-14)19(21)28/h1-2,5-6,14H,3-4,7-13H2,(H2,21,28)(H,22,26)/t14-/m1/s1. The molecule has 3 N–H and O–H groups in total. The second kappa shape index (κ2) is 9.25. The van der Waals surface area contributed by atoms with Crippen LogP contribution in [0, 0.1) is 5.92 Å². The van der Waals surface area contributed by atoms with Gasteiger partial charge >= 0.3 is 6.03 Å². The molecule has 28 heavy (non-hydrogen) atoms. The Labute approximate surface area is 169 Å². The van der Waals surface area contributed by atoms with E-state index in [9.17, 15) is 14.4 Å². The van der Waals surface area contributed by atoms with Gasteiger partial charge in [-0.1, -0.05) is 23.7 Å². The first kappa shape index (κ1) is 20.4. The van der Waals surface area contributed by atoms with Crippen LogP contribution in [0.3, 0.4) is 0 Å². The van der Waals surface area contributed by atoms with Crippen LogP contribution < -0.4 is 11.1 Å². The molecule has 4 amide bonds. The van der Waals surface area contributed by atoms with Gasteiger partial charge in [0.05, 0.1) is 23.2 Å². The molecule has 2 aliphatic heterocycles. The van der Waals surface area contributed by atoms with Crippen LogP contribution >= 0.6 is 11.6 Å². The van der Waals surface area contributed by atoms with Crippen molar-refractivity contribution in [1.82, 2.24) is 14.7 Å². The van der Waals surface area contributed by atoms with E-state index in [0.29, 0.717) is 50.0 Å². The molecule has 1 aromatic rings. The van der Waals surface area contributed by atoms with Gasteiger partial charge in [0.25, 0.3) is 0 Å². The van der Waals surface area contributed by atoms with Gasteiger partial charge in [-0.05, 0) is 25.0 Å². The number of hydrogen-bond donors (Lipinski definition) is 2. The minimum absolute atomic E-state index is 0.0751. The third-order valence-corrected chi connectivity index (χ3v) is 5.61. The van der Waals surface area contributed by atoms with Crippen LogP contribution in [0.5, 0.6) is 0 Å². The zero-order valence-electron chi connectivity index (χ0n) is 15.8. The fourth-order valence-corrected chi connectivity index (χ4v) is 3.90. The molecule has 2 heterocycles. The lowest BCUT2D eigenvalue weighted by Crippen LogP contribution is -2.54. The SMILES string of the molecule is NC(=O)N1CCC[C@@H](C(=O)N2CCN(CC(=O)Nc3ccccc3Cl)CC2)C1. The van der Waals surface area contributed by atoms with E-state index in [1.165, 1.54) is 0 Å². The number of benzene rings is 1. The number of urea groups is 1. The van der Waals surface area contributed by atoms with Gasteiger partial charge in [-0.25, -0.2) is 4.79 Å².